The molecule has 1 aromatic rings. The van der Waals surface area contributed by atoms with Crippen LogP contribution in [0.2, 0.25) is 0 Å². The number of urea groups is 1. The standard InChI is InChI=1S/C14H19BrN2O3/c1-3-4-12(13(18)19)16-14(20)17(2)9-10-5-7-11(15)8-6-10/h5-8,12H,3-4,9H2,1-2H3,(H,16,20)(H,18,19). The molecule has 0 aliphatic heterocycles. The first kappa shape index (κ1) is 16.5. The monoisotopic (exact) mass is 342 g/mol. The second-order valence-electron chi connectivity index (χ2n) is 4.61. The van der Waals surface area contributed by atoms with Crippen molar-refractivity contribution in [3.63, 3.8) is 0 Å². The number of nitrogens with zero attached hydrogens (tertiary/aromatic N) is 1. The quantitative estimate of drug-likeness (QED) is 0.835. The van der Waals surface area contributed by atoms with Crippen molar-refractivity contribution in [2.75, 3.05) is 7.05 Å². The molecule has 2 amide bonds. The van der Waals surface area contributed by atoms with Gasteiger partial charge in [0.1, 0.15) is 6.04 Å². The molecule has 0 fully saturated rings. The van der Waals surface area contributed by atoms with E-state index in [-0.39, 0.29) is 6.03 Å². The van der Waals surface area contributed by atoms with Gasteiger partial charge in [-0.2, -0.15) is 0 Å². The first-order valence-corrected chi connectivity index (χ1v) is 7.22. The number of aliphatic carboxylic acids is 1. The fourth-order valence-electron chi connectivity index (χ4n) is 1.74. The van der Waals surface area contributed by atoms with Gasteiger partial charge in [0.2, 0.25) is 0 Å². The van der Waals surface area contributed by atoms with E-state index in [9.17, 15) is 9.59 Å². The minimum Gasteiger partial charge on any atom is -0.480 e. The van der Waals surface area contributed by atoms with E-state index >= 15 is 0 Å². The van der Waals surface area contributed by atoms with Crippen LogP contribution in [0.4, 0.5) is 4.79 Å². The van der Waals surface area contributed by atoms with Gasteiger partial charge in [0.15, 0.2) is 0 Å². The van der Waals surface area contributed by atoms with E-state index in [2.05, 4.69) is 21.2 Å². The molecule has 110 valence electrons. The Kier molecular flexibility index (Phi) is 6.51. The number of carbonyl (C=O) groups is 2. The number of nitrogens with one attached hydrogen (secondary N) is 1. The first-order chi connectivity index (χ1) is 9.43. The van der Waals surface area contributed by atoms with E-state index in [1.807, 2.05) is 31.2 Å². The van der Waals surface area contributed by atoms with E-state index < -0.39 is 12.0 Å². The lowest BCUT2D eigenvalue weighted by atomic mass is 10.2. The second kappa shape index (κ2) is 7.89. The highest BCUT2D eigenvalue weighted by Gasteiger charge is 2.20. The predicted molar refractivity (Wildman–Crippen MR) is 80.5 cm³/mol. The highest BCUT2D eigenvalue weighted by Crippen LogP contribution is 2.12. The van der Waals surface area contributed by atoms with E-state index in [4.69, 9.17) is 5.11 Å². The molecule has 0 saturated carbocycles. The minimum absolute atomic E-state index is 0.381. The number of hydrogen-bond donors (Lipinski definition) is 2. The third-order valence-electron chi connectivity index (χ3n) is 2.85. The molecule has 0 bridgehead atoms. The summed E-state index contributed by atoms with van der Waals surface area (Å²) in [4.78, 5) is 24.4. The van der Waals surface area contributed by atoms with Crippen LogP contribution in [0.3, 0.4) is 0 Å². The van der Waals surface area contributed by atoms with E-state index in [0.717, 1.165) is 10.0 Å². The molecule has 2 N–H and O–H groups in total. The van der Waals surface area contributed by atoms with Crippen LogP contribution in [-0.4, -0.2) is 35.1 Å². The molecule has 0 saturated heterocycles. The van der Waals surface area contributed by atoms with Crippen LogP contribution in [0, 0.1) is 0 Å². The van der Waals surface area contributed by atoms with Crippen LogP contribution in [0.15, 0.2) is 28.7 Å². The molecule has 0 heterocycles. The van der Waals surface area contributed by atoms with Gasteiger partial charge in [-0.3, -0.25) is 0 Å². The molecule has 0 aliphatic carbocycles. The van der Waals surface area contributed by atoms with Crippen molar-refractivity contribution in [3.05, 3.63) is 34.3 Å². The second-order valence-corrected chi connectivity index (χ2v) is 5.53. The average molecular weight is 343 g/mol. The summed E-state index contributed by atoms with van der Waals surface area (Å²) in [6.45, 7) is 2.31. The Hall–Kier alpha value is -1.56. The number of carbonyl (C=O) groups excluding carboxylic acids is 1. The molecule has 0 aromatic heterocycles. The van der Waals surface area contributed by atoms with E-state index in [1.54, 1.807) is 7.05 Å². The van der Waals surface area contributed by atoms with Gasteiger partial charge >= 0.3 is 12.0 Å². The lowest BCUT2D eigenvalue weighted by molar-refractivity contribution is -0.139. The van der Waals surface area contributed by atoms with Gasteiger partial charge in [0.25, 0.3) is 0 Å². The Balaban J connectivity index is 2.57. The fourth-order valence-corrected chi connectivity index (χ4v) is 2.01. The molecule has 5 nitrogen and oxygen atoms in total. The molecule has 0 radical (unpaired) electrons. The molecule has 6 heteroatoms. The number of rotatable bonds is 6. The molecule has 1 aromatic carbocycles. The smallest absolute Gasteiger partial charge is 0.326 e. The molecular formula is C14H19BrN2O3. The molecule has 1 rings (SSSR count). The van der Waals surface area contributed by atoms with E-state index in [1.165, 1.54) is 4.90 Å². The van der Waals surface area contributed by atoms with Gasteiger partial charge in [-0.05, 0) is 24.1 Å². The maximum absolute atomic E-state index is 11.9. The van der Waals surface area contributed by atoms with Crippen LogP contribution in [-0.2, 0) is 11.3 Å². The zero-order valence-corrected chi connectivity index (χ0v) is 13.2. The Morgan fingerprint density at radius 1 is 1.35 bits per heavy atom. The summed E-state index contributed by atoms with van der Waals surface area (Å²) in [5, 5.41) is 11.5. The van der Waals surface area contributed by atoms with Crippen LogP contribution in [0.1, 0.15) is 25.3 Å². The maximum atomic E-state index is 11.9. The van der Waals surface area contributed by atoms with Crippen molar-refractivity contribution in [2.24, 2.45) is 0 Å². The lowest BCUT2D eigenvalue weighted by Gasteiger charge is -2.21. The van der Waals surface area contributed by atoms with Crippen LogP contribution in [0.25, 0.3) is 0 Å². The number of carboxylic acids is 1. The molecular weight excluding hydrogens is 324 g/mol. The third-order valence-corrected chi connectivity index (χ3v) is 3.38. The normalized spacial score (nSPS) is 11.8. The van der Waals surface area contributed by atoms with Crippen molar-refractivity contribution in [1.29, 1.82) is 0 Å². The molecule has 1 unspecified atom stereocenters. The molecule has 0 aliphatic rings. The summed E-state index contributed by atoms with van der Waals surface area (Å²) < 4.78 is 0.974. The summed E-state index contributed by atoms with van der Waals surface area (Å²) in [6.07, 6.45) is 1.13. The van der Waals surface area contributed by atoms with Gasteiger partial charge in [-0.15, -0.1) is 0 Å². The van der Waals surface area contributed by atoms with Crippen LogP contribution >= 0.6 is 15.9 Å². The number of amides is 2. The maximum Gasteiger partial charge on any atom is 0.326 e. The highest BCUT2D eigenvalue weighted by atomic mass is 79.9. The summed E-state index contributed by atoms with van der Waals surface area (Å²) in [7, 11) is 1.64. The van der Waals surface area contributed by atoms with Crippen molar-refractivity contribution in [3.8, 4) is 0 Å². The molecule has 20 heavy (non-hydrogen) atoms. The van der Waals surface area contributed by atoms with Crippen molar-refractivity contribution >= 4 is 27.9 Å². The largest absolute Gasteiger partial charge is 0.480 e. The number of hydrogen-bond acceptors (Lipinski definition) is 2. The van der Waals surface area contributed by atoms with Crippen LogP contribution < -0.4 is 5.32 Å². The van der Waals surface area contributed by atoms with Crippen LogP contribution in [0.5, 0.6) is 0 Å². The van der Waals surface area contributed by atoms with Gasteiger partial charge in [0, 0.05) is 18.1 Å². The Bertz CT molecular complexity index is 462. The van der Waals surface area contributed by atoms with Gasteiger partial charge in [-0.25, -0.2) is 9.59 Å². The average Bonchev–Trinajstić information content (AvgIpc) is 2.40. The molecule has 0 spiro atoms. The minimum atomic E-state index is -1.00. The van der Waals surface area contributed by atoms with Crippen molar-refractivity contribution in [2.45, 2.75) is 32.4 Å². The van der Waals surface area contributed by atoms with Gasteiger partial charge in [-0.1, -0.05) is 41.4 Å². The summed E-state index contributed by atoms with van der Waals surface area (Å²) >= 11 is 3.35. The summed E-state index contributed by atoms with van der Waals surface area (Å²) in [6, 6.07) is 6.41. The fraction of sp³-hybridized carbons (Fsp3) is 0.429. The van der Waals surface area contributed by atoms with E-state index in [0.29, 0.717) is 19.4 Å². The van der Waals surface area contributed by atoms with Crippen molar-refractivity contribution < 1.29 is 14.7 Å². The zero-order chi connectivity index (χ0) is 15.1. The Morgan fingerprint density at radius 2 is 1.95 bits per heavy atom. The third kappa shape index (κ3) is 5.21. The van der Waals surface area contributed by atoms with Crippen molar-refractivity contribution in [1.82, 2.24) is 10.2 Å². The number of benzene rings is 1. The summed E-state index contributed by atoms with van der Waals surface area (Å²) in [5.41, 5.74) is 0.980. The van der Waals surface area contributed by atoms with Gasteiger partial charge in [0.05, 0.1) is 0 Å². The highest BCUT2D eigenvalue weighted by molar-refractivity contribution is 9.10. The summed E-state index contributed by atoms with van der Waals surface area (Å²) in [5.74, 6) is -1.00. The zero-order valence-electron chi connectivity index (χ0n) is 11.6. The predicted octanol–water partition coefficient (Wildman–Crippen LogP) is 2.84. The van der Waals surface area contributed by atoms with Gasteiger partial charge < -0.3 is 15.3 Å². The number of halogens is 1. The Labute approximate surface area is 127 Å². The molecule has 1 atom stereocenters. The topological polar surface area (TPSA) is 69.6 Å². The number of carboxylic acid groups (broad SMARTS) is 1. The lowest BCUT2D eigenvalue weighted by Crippen LogP contribution is -2.46. The SMILES string of the molecule is CCCC(NC(=O)N(C)Cc1ccc(Br)cc1)C(=O)O. The Morgan fingerprint density at radius 3 is 2.45 bits per heavy atom. The first-order valence-electron chi connectivity index (χ1n) is 6.43.